The van der Waals surface area contributed by atoms with E-state index in [9.17, 15) is 19.8 Å². The molecule has 2 aromatic rings. The van der Waals surface area contributed by atoms with E-state index in [4.69, 9.17) is 4.74 Å². The molecule has 1 aliphatic heterocycles. The van der Waals surface area contributed by atoms with Crippen LogP contribution in [-0.4, -0.2) is 28.6 Å². The first-order valence-corrected chi connectivity index (χ1v) is 13.0. The van der Waals surface area contributed by atoms with Gasteiger partial charge in [0.1, 0.15) is 22.9 Å². The SMILES string of the molecule is CC/C(C)=C/CC/C(C)=C/CC/C(C)=C/CN1C(=O)c2cccc(O)c2Nc2c(O)cc(OC(C)=O)cc21. The highest BCUT2D eigenvalue weighted by atomic mass is 16.5. The van der Waals surface area contributed by atoms with Crippen molar-refractivity contribution in [2.45, 2.75) is 66.7 Å². The van der Waals surface area contributed by atoms with Gasteiger partial charge in [-0.1, -0.05) is 47.9 Å². The Labute approximate surface area is 225 Å². The second-order valence-electron chi connectivity index (χ2n) is 9.75. The molecule has 0 fully saturated rings. The van der Waals surface area contributed by atoms with Crippen molar-refractivity contribution in [3.63, 3.8) is 0 Å². The molecule has 1 amide bonds. The lowest BCUT2D eigenvalue weighted by molar-refractivity contribution is -0.131. The first-order chi connectivity index (χ1) is 18.1. The van der Waals surface area contributed by atoms with Crippen LogP contribution < -0.4 is 15.0 Å². The zero-order valence-electron chi connectivity index (χ0n) is 22.9. The number of benzene rings is 2. The molecule has 0 spiro atoms. The monoisotopic (exact) mass is 518 g/mol. The first-order valence-electron chi connectivity index (χ1n) is 13.0. The van der Waals surface area contributed by atoms with E-state index in [1.165, 1.54) is 41.2 Å². The summed E-state index contributed by atoms with van der Waals surface area (Å²) in [6.07, 6.45) is 11.5. The Hall–Kier alpha value is -4.00. The molecule has 3 rings (SSSR count). The number of nitrogens with one attached hydrogen (secondary N) is 1. The number of aromatic hydroxyl groups is 2. The quantitative estimate of drug-likeness (QED) is 0.130. The van der Waals surface area contributed by atoms with Gasteiger partial charge >= 0.3 is 5.97 Å². The summed E-state index contributed by atoms with van der Waals surface area (Å²) in [5.41, 5.74) is 4.98. The highest BCUT2D eigenvalue weighted by Gasteiger charge is 2.30. The summed E-state index contributed by atoms with van der Waals surface area (Å²) < 4.78 is 5.20. The topological polar surface area (TPSA) is 99.1 Å². The van der Waals surface area contributed by atoms with Crippen molar-refractivity contribution in [3.05, 3.63) is 70.8 Å². The van der Waals surface area contributed by atoms with Gasteiger partial charge in [0.2, 0.25) is 0 Å². The van der Waals surface area contributed by atoms with Crippen LogP contribution in [0.3, 0.4) is 0 Å². The minimum Gasteiger partial charge on any atom is -0.506 e. The zero-order chi connectivity index (χ0) is 27.8. The van der Waals surface area contributed by atoms with E-state index >= 15 is 0 Å². The van der Waals surface area contributed by atoms with Crippen molar-refractivity contribution in [3.8, 4) is 17.2 Å². The summed E-state index contributed by atoms with van der Waals surface area (Å²) >= 11 is 0. The van der Waals surface area contributed by atoms with Gasteiger partial charge < -0.3 is 25.2 Å². The molecule has 2 aromatic carbocycles. The fourth-order valence-corrected chi connectivity index (χ4v) is 4.25. The maximum Gasteiger partial charge on any atom is 0.308 e. The molecule has 7 nitrogen and oxygen atoms in total. The van der Waals surface area contributed by atoms with Crippen LogP contribution in [0.15, 0.2) is 65.3 Å². The smallest absolute Gasteiger partial charge is 0.308 e. The van der Waals surface area contributed by atoms with Crippen molar-refractivity contribution in [2.24, 2.45) is 0 Å². The van der Waals surface area contributed by atoms with Crippen LogP contribution in [0.4, 0.5) is 17.1 Å². The molecule has 1 heterocycles. The molecule has 1 aliphatic rings. The number of phenolic OH excluding ortho intramolecular Hbond substituents is 2. The molecule has 0 atom stereocenters. The molecule has 0 aromatic heterocycles. The second-order valence-corrected chi connectivity index (χ2v) is 9.75. The van der Waals surface area contributed by atoms with Crippen LogP contribution in [0.25, 0.3) is 0 Å². The van der Waals surface area contributed by atoms with Gasteiger partial charge in [0.05, 0.1) is 16.9 Å². The van der Waals surface area contributed by atoms with E-state index in [2.05, 4.69) is 38.2 Å². The number of ether oxygens (including phenoxy) is 1. The van der Waals surface area contributed by atoms with Gasteiger partial charge in [0.25, 0.3) is 5.91 Å². The largest absolute Gasteiger partial charge is 0.506 e. The van der Waals surface area contributed by atoms with Crippen molar-refractivity contribution >= 4 is 28.9 Å². The van der Waals surface area contributed by atoms with Crippen molar-refractivity contribution < 1.29 is 24.5 Å². The van der Waals surface area contributed by atoms with E-state index in [-0.39, 0.29) is 46.6 Å². The van der Waals surface area contributed by atoms with E-state index < -0.39 is 5.97 Å². The normalized spacial score (nSPS) is 14.0. The van der Waals surface area contributed by atoms with Crippen LogP contribution in [0.5, 0.6) is 17.2 Å². The molecule has 0 saturated carbocycles. The molecule has 0 radical (unpaired) electrons. The second kappa shape index (κ2) is 13.0. The number of nitrogens with zero attached hydrogens (tertiary/aromatic N) is 1. The molecule has 0 unspecified atom stereocenters. The lowest BCUT2D eigenvalue weighted by atomic mass is 10.1. The van der Waals surface area contributed by atoms with E-state index in [0.29, 0.717) is 5.69 Å². The number of hydrogen-bond acceptors (Lipinski definition) is 6. The predicted molar refractivity (Wildman–Crippen MR) is 153 cm³/mol. The summed E-state index contributed by atoms with van der Waals surface area (Å²) in [6, 6.07) is 7.53. The predicted octanol–water partition coefficient (Wildman–Crippen LogP) is 7.54. The molecule has 38 heavy (non-hydrogen) atoms. The highest BCUT2D eigenvalue weighted by molar-refractivity contribution is 6.15. The van der Waals surface area contributed by atoms with Gasteiger partial charge in [-0.25, -0.2) is 0 Å². The van der Waals surface area contributed by atoms with Crippen LogP contribution in [0, 0.1) is 0 Å². The fraction of sp³-hybridized carbons (Fsp3) is 0.355. The highest BCUT2D eigenvalue weighted by Crippen LogP contribution is 2.46. The Morgan fingerprint density at radius 1 is 0.921 bits per heavy atom. The zero-order valence-corrected chi connectivity index (χ0v) is 22.9. The minimum absolute atomic E-state index is 0.110. The Balaban J connectivity index is 1.83. The van der Waals surface area contributed by atoms with Crippen LogP contribution in [-0.2, 0) is 4.79 Å². The molecule has 0 aliphatic carbocycles. The van der Waals surface area contributed by atoms with Crippen molar-refractivity contribution in [1.29, 1.82) is 0 Å². The summed E-state index contributed by atoms with van der Waals surface area (Å²) in [6.45, 7) is 10.0. The maximum absolute atomic E-state index is 13.6. The third-order valence-electron chi connectivity index (χ3n) is 6.63. The number of esters is 1. The standard InChI is InChI=1S/C31H38N2O5/c1-6-20(2)10-7-11-21(3)12-8-13-22(4)16-17-33-26-18-24(38-23(5)34)19-28(36)30(26)32-29-25(31(33)37)14-9-15-27(29)35/h9-10,12,14-16,18-19,32,35-36H,6-8,11,13,17H2,1-5H3/b20-10+,21-12+,22-16+. The summed E-state index contributed by atoms with van der Waals surface area (Å²) in [5, 5.41) is 24.2. The number of para-hydroxylation sites is 1. The van der Waals surface area contributed by atoms with Gasteiger partial charge in [-0.05, 0) is 65.0 Å². The molecule has 7 heteroatoms. The summed E-state index contributed by atoms with van der Waals surface area (Å²) in [7, 11) is 0. The van der Waals surface area contributed by atoms with Crippen LogP contribution in [0.1, 0.15) is 77.1 Å². The number of anilines is 3. The summed E-state index contributed by atoms with van der Waals surface area (Å²) in [4.78, 5) is 26.7. The van der Waals surface area contributed by atoms with Gasteiger partial charge in [0.15, 0.2) is 0 Å². The average molecular weight is 519 g/mol. The lowest BCUT2D eigenvalue weighted by Gasteiger charge is -2.23. The number of carbonyl (C=O) groups excluding carboxylic acids is 2. The van der Waals surface area contributed by atoms with Gasteiger partial charge in [-0.15, -0.1) is 0 Å². The maximum atomic E-state index is 13.6. The minimum atomic E-state index is -0.541. The number of carbonyl (C=O) groups is 2. The number of rotatable bonds is 10. The molecular weight excluding hydrogens is 480 g/mol. The Bertz CT molecular complexity index is 1290. The number of amides is 1. The van der Waals surface area contributed by atoms with Gasteiger partial charge in [0, 0.05) is 25.6 Å². The number of phenols is 2. The van der Waals surface area contributed by atoms with E-state index in [0.717, 1.165) is 37.7 Å². The number of hydrogen-bond donors (Lipinski definition) is 3. The number of fused-ring (bicyclic) bond motifs is 2. The Kier molecular flexibility index (Phi) is 9.77. The fourth-order valence-electron chi connectivity index (χ4n) is 4.25. The van der Waals surface area contributed by atoms with Crippen molar-refractivity contribution in [2.75, 3.05) is 16.8 Å². The number of allylic oxidation sites excluding steroid dienone is 5. The van der Waals surface area contributed by atoms with E-state index in [1.807, 2.05) is 13.0 Å². The third kappa shape index (κ3) is 7.28. The van der Waals surface area contributed by atoms with E-state index in [1.54, 1.807) is 12.1 Å². The lowest BCUT2D eigenvalue weighted by Crippen LogP contribution is -2.30. The van der Waals surface area contributed by atoms with Crippen molar-refractivity contribution in [1.82, 2.24) is 0 Å². The molecular formula is C31H38N2O5. The van der Waals surface area contributed by atoms with Gasteiger partial charge in [-0.2, -0.15) is 0 Å². The van der Waals surface area contributed by atoms with Crippen LogP contribution in [0.2, 0.25) is 0 Å². The molecule has 3 N–H and O–H groups in total. The molecule has 0 saturated heterocycles. The first kappa shape index (κ1) is 28.6. The Morgan fingerprint density at radius 3 is 2.24 bits per heavy atom. The molecule has 202 valence electrons. The Morgan fingerprint density at radius 2 is 1.58 bits per heavy atom. The average Bonchev–Trinajstić information content (AvgIpc) is 2.97. The summed E-state index contributed by atoms with van der Waals surface area (Å²) in [5.74, 6) is -1.09. The van der Waals surface area contributed by atoms with Gasteiger partial charge in [-0.3, -0.25) is 9.59 Å². The molecule has 0 bridgehead atoms. The third-order valence-corrected chi connectivity index (χ3v) is 6.63. The van der Waals surface area contributed by atoms with Crippen LogP contribution >= 0.6 is 0 Å².